The minimum absolute atomic E-state index is 0.224. The van der Waals surface area contributed by atoms with Gasteiger partial charge in [0.15, 0.2) is 0 Å². The van der Waals surface area contributed by atoms with Crippen LogP contribution in [-0.4, -0.2) is 19.0 Å². The van der Waals surface area contributed by atoms with E-state index in [1.54, 1.807) is 12.1 Å². The van der Waals surface area contributed by atoms with E-state index in [0.717, 1.165) is 6.07 Å². The number of nitrogens with one attached hydrogen (secondary N) is 1. The van der Waals surface area contributed by atoms with Gasteiger partial charge in [-0.3, -0.25) is 4.79 Å². The monoisotopic (exact) mass is 273 g/mol. The number of halogens is 1. The summed E-state index contributed by atoms with van der Waals surface area (Å²) in [6.45, 7) is 0. The molecule has 0 unspecified atom stereocenters. The normalized spacial score (nSPS) is 9.90. The molecule has 0 fully saturated rings. The molecule has 4 nitrogen and oxygen atoms in total. The maximum atomic E-state index is 13.0. The van der Waals surface area contributed by atoms with E-state index >= 15 is 0 Å². The molecule has 0 saturated carbocycles. The molecule has 0 aliphatic rings. The number of methoxy groups -OCH3 is 1. The second-order valence-corrected chi connectivity index (χ2v) is 4.03. The van der Waals surface area contributed by atoms with Gasteiger partial charge in [-0.2, -0.15) is 0 Å². The number of rotatable bonds is 3. The first-order chi connectivity index (χ1) is 9.60. The largest absolute Gasteiger partial charge is 0.465 e. The van der Waals surface area contributed by atoms with Crippen LogP contribution in [0, 0.1) is 5.82 Å². The van der Waals surface area contributed by atoms with Crippen LogP contribution < -0.4 is 5.32 Å². The van der Waals surface area contributed by atoms with Gasteiger partial charge in [-0.05, 0) is 42.5 Å². The molecule has 0 saturated heterocycles. The molecule has 2 rings (SSSR count). The Labute approximate surface area is 115 Å². The molecule has 0 radical (unpaired) electrons. The number of hydrogen-bond acceptors (Lipinski definition) is 3. The smallest absolute Gasteiger partial charge is 0.337 e. The van der Waals surface area contributed by atoms with Gasteiger partial charge >= 0.3 is 5.97 Å². The maximum absolute atomic E-state index is 13.0. The number of esters is 1. The number of amides is 1. The highest BCUT2D eigenvalue weighted by Gasteiger charge is 2.08. The minimum atomic E-state index is -0.473. The van der Waals surface area contributed by atoms with E-state index in [-0.39, 0.29) is 5.56 Å². The zero-order valence-corrected chi connectivity index (χ0v) is 10.7. The first-order valence-corrected chi connectivity index (χ1v) is 5.85. The molecular weight excluding hydrogens is 261 g/mol. The van der Waals surface area contributed by atoms with E-state index in [9.17, 15) is 14.0 Å². The molecule has 102 valence electrons. The van der Waals surface area contributed by atoms with Crippen molar-refractivity contribution in [3.63, 3.8) is 0 Å². The highest BCUT2D eigenvalue weighted by Crippen LogP contribution is 2.12. The van der Waals surface area contributed by atoms with Crippen molar-refractivity contribution in [1.82, 2.24) is 0 Å². The summed E-state index contributed by atoms with van der Waals surface area (Å²) in [6, 6.07) is 11.6. The number of benzene rings is 2. The molecule has 0 spiro atoms. The van der Waals surface area contributed by atoms with Gasteiger partial charge in [0.25, 0.3) is 5.91 Å². The Balaban J connectivity index is 2.10. The second kappa shape index (κ2) is 5.97. The average Bonchev–Trinajstić information content (AvgIpc) is 2.47. The van der Waals surface area contributed by atoms with Crippen molar-refractivity contribution in [1.29, 1.82) is 0 Å². The van der Waals surface area contributed by atoms with E-state index in [2.05, 4.69) is 10.1 Å². The lowest BCUT2D eigenvalue weighted by atomic mass is 10.2. The van der Waals surface area contributed by atoms with Crippen molar-refractivity contribution >= 4 is 17.6 Å². The highest BCUT2D eigenvalue weighted by molar-refractivity contribution is 6.04. The van der Waals surface area contributed by atoms with Crippen LogP contribution in [0.25, 0.3) is 0 Å². The summed E-state index contributed by atoms with van der Waals surface area (Å²) in [7, 11) is 1.29. The first kappa shape index (κ1) is 13.7. The van der Waals surface area contributed by atoms with Crippen LogP contribution >= 0.6 is 0 Å². The molecule has 0 heterocycles. The van der Waals surface area contributed by atoms with Crippen LogP contribution in [0.2, 0.25) is 0 Å². The SMILES string of the molecule is COC(=O)c1ccc(NC(=O)c2cccc(F)c2)cc1. The van der Waals surface area contributed by atoms with E-state index in [4.69, 9.17) is 0 Å². The van der Waals surface area contributed by atoms with Crippen LogP contribution in [0.3, 0.4) is 0 Å². The Bertz CT molecular complexity index is 638. The predicted octanol–water partition coefficient (Wildman–Crippen LogP) is 2.86. The van der Waals surface area contributed by atoms with Crippen molar-refractivity contribution < 1.29 is 18.7 Å². The highest BCUT2D eigenvalue weighted by atomic mass is 19.1. The van der Waals surface area contributed by atoms with Gasteiger partial charge in [-0.25, -0.2) is 9.18 Å². The van der Waals surface area contributed by atoms with Gasteiger partial charge in [0.1, 0.15) is 5.82 Å². The van der Waals surface area contributed by atoms with Crippen LogP contribution in [0.5, 0.6) is 0 Å². The Morgan fingerprint density at radius 1 is 1.05 bits per heavy atom. The van der Waals surface area contributed by atoms with Gasteiger partial charge in [0.05, 0.1) is 12.7 Å². The van der Waals surface area contributed by atoms with Crippen molar-refractivity contribution in [2.45, 2.75) is 0 Å². The molecule has 5 heteroatoms. The number of ether oxygens (including phenoxy) is 1. The number of carbonyl (C=O) groups excluding carboxylic acids is 2. The lowest BCUT2D eigenvalue weighted by Gasteiger charge is -2.06. The molecule has 1 amide bonds. The third kappa shape index (κ3) is 3.20. The summed E-state index contributed by atoms with van der Waals surface area (Å²) >= 11 is 0. The third-order valence-corrected chi connectivity index (χ3v) is 2.65. The molecule has 20 heavy (non-hydrogen) atoms. The Kier molecular flexibility index (Phi) is 4.10. The van der Waals surface area contributed by atoms with Crippen LogP contribution in [0.1, 0.15) is 20.7 Å². The molecule has 2 aromatic carbocycles. The maximum Gasteiger partial charge on any atom is 0.337 e. The topological polar surface area (TPSA) is 55.4 Å². The summed E-state index contributed by atoms with van der Waals surface area (Å²) in [6.07, 6.45) is 0. The van der Waals surface area contributed by atoms with E-state index in [1.165, 1.54) is 37.4 Å². The Morgan fingerprint density at radius 2 is 1.75 bits per heavy atom. The van der Waals surface area contributed by atoms with Gasteiger partial charge < -0.3 is 10.1 Å². The van der Waals surface area contributed by atoms with Crippen molar-refractivity contribution in [2.24, 2.45) is 0 Å². The molecule has 0 aliphatic carbocycles. The molecule has 0 atom stereocenters. The van der Waals surface area contributed by atoms with Crippen molar-refractivity contribution in [2.75, 3.05) is 12.4 Å². The molecule has 2 aromatic rings. The van der Waals surface area contributed by atoms with Crippen LogP contribution in [-0.2, 0) is 4.74 Å². The van der Waals surface area contributed by atoms with E-state index < -0.39 is 17.7 Å². The zero-order chi connectivity index (χ0) is 14.5. The Morgan fingerprint density at radius 3 is 2.35 bits per heavy atom. The molecule has 0 bridgehead atoms. The van der Waals surface area contributed by atoms with Crippen LogP contribution in [0.15, 0.2) is 48.5 Å². The second-order valence-electron chi connectivity index (χ2n) is 4.03. The van der Waals surface area contributed by atoms with Gasteiger partial charge in [0.2, 0.25) is 0 Å². The van der Waals surface area contributed by atoms with E-state index in [0.29, 0.717) is 11.3 Å². The fourth-order valence-corrected chi connectivity index (χ4v) is 1.64. The quantitative estimate of drug-likeness (QED) is 0.875. The summed E-state index contributed by atoms with van der Waals surface area (Å²) in [4.78, 5) is 23.1. The van der Waals surface area contributed by atoms with E-state index in [1.807, 2.05) is 0 Å². The summed E-state index contributed by atoms with van der Waals surface area (Å²) in [5, 5.41) is 2.61. The van der Waals surface area contributed by atoms with Gasteiger partial charge in [-0.15, -0.1) is 0 Å². The first-order valence-electron chi connectivity index (χ1n) is 5.85. The van der Waals surface area contributed by atoms with Gasteiger partial charge in [0, 0.05) is 11.3 Å². The molecule has 0 aromatic heterocycles. The third-order valence-electron chi connectivity index (χ3n) is 2.65. The van der Waals surface area contributed by atoms with Crippen LogP contribution in [0.4, 0.5) is 10.1 Å². The minimum Gasteiger partial charge on any atom is -0.465 e. The molecule has 0 aliphatic heterocycles. The summed E-state index contributed by atoms with van der Waals surface area (Å²) in [5.41, 5.74) is 1.12. The lowest BCUT2D eigenvalue weighted by Crippen LogP contribution is -2.12. The van der Waals surface area contributed by atoms with Crippen molar-refractivity contribution in [3.05, 3.63) is 65.5 Å². The number of hydrogen-bond donors (Lipinski definition) is 1. The molecular formula is C15H12FNO3. The molecule has 1 N–H and O–H groups in total. The van der Waals surface area contributed by atoms with Crippen molar-refractivity contribution in [3.8, 4) is 0 Å². The predicted molar refractivity (Wildman–Crippen MR) is 72.1 cm³/mol. The standard InChI is InChI=1S/C15H12FNO3/c1-20-15(19)10-5-7-13(8-6-10)17-14(18)11-3-2-4-12(16)9-11/h2-9H,1H3,(H,17,18). The number of carbonyl (C=O) groups is 2. The number of anilines is 1. The summed E-state index contributed by atoms with van der Waals surface area (Å²) in [5.74, 6) is -1.35. The fraction of sp³-hybridized carbons (Fsp3) is 0.0667. The fourth-order valence-electron chi connectivity index (χ4n) is 1.64. The Hall–Kier alpha value is -2.69. The summed E-state index contributed by atoms with van der Waals surface area (Å²) < 4.78 is 17.6. The van der Waals surface area contributed by atoms with Gasteiger partial charge in [-0.1, -0.05) is 6.07 Å². The zero-order valence-electron chi connectivity index (χ0n) is 10.7. The average molecular weight is 273 g/mol. The lowest BCUT2D eigenvalue weighted by molar-refractivity contribution is 0.0600.